The highest BCUT2D eigenvalue weighted by atomic mass is 19.4. The molecule has 2 amide bonds. The first kappa shape index (κ1) is 26.7. The molecule has 39 heavy (non-hydrogen) atoms. The molecule has 1 aliphatic carbocycles. The number of carbonyl (C=O) groups excluding carboxylic acids is 2. The molecule has 3 aromatic rings. The number of alkyl halides is 3. The number of amides is 2. The molecule has 6 nitrogen and oxygen atoms in total. The number of nitrogens with zero attached hydrogens (tertiary/aromatic N) is 1. The van der Waals surface area contributed by atoms with Gasteiger partial charge in [0.2, 0.25) is 5.91 Å². The highest BCUT2D eigenvalue weighted by Crippen LogP contribution is 2.49. The summed E-state index contributed by atoms with van der Waals surface area (Å²) in [6, 6.07) is 21.5. The standard InChI is InChI=1S/C30H30F3N3O3/c1-19(35-29(38)39-20-9-3-2-4-10-20)17-25(36-15-8-16-36)24-14-7-13-22-21-11-5-6-12-23(21)27(26(22)24)28(37)34-18-30(31,32)33/h2-7,9-14,19,25,27H,8,15-18H2,1H3,(H,34,37)(H,35,38). The summed E-state index contributed by atoms with van der Waals surface area (Å²) in [7, 11) is 0. The number of hydrogen-bond donors (Lipinski definition) is 2. The quantitative estimate of drug-likeness (QED) is 0.382. The number of para-hydroxylation sites is 1. The number of fused-ring (bicyclic) bond motifs is 3. The summed E-state index contributed by atoms with van der Waals surface area (Å²) >= 11 is 0. The molecule has 1 saturated heterocycles. The van der Waals surface area contributed by atoms with Gasteiger partial charge in [-0.2, -0.15) is 13.2 Å². The molecule has 0 radical (unpaired) electrons. The summed E-state index contributed by atoms with van der Waals surface area (Å²) in [5, 5.41) is 5.00. The van der Waals surface area contributed by atoms with Crippen LogP contribution in [0.5, 0.6) is 5.75 Å². The second-order valence-corrected chi connectivity index (χ2v) is 10.1. The van der Waals surface area contributed by atoms with E-state index in [1.54, 1.807) is 36.4 Å². The second kappa shape index (κ2) is 11.1. The van der Waals surface area contributed by atoms with Gasteiger partial charge in [-0.3, -0.25) is 9.69 Å². The van der Waals surface area contributed by atoms with Gasteiger partial charge < -0.3 is 15.4 Å². The fourth-order valence-electron chi connectivity index (χ4n) is 5.49. The smallest absolute Gasteiger partial charge is 0.410 e. The van der Waals surface area contributed by atoms with Crippen LogP contribution in [0.25, 0.3) is 11.1 Å². The van der Waals surface area contributed by atoms with E-state index in [1.165, 1.54) is 0 Å². The SMILES string of the molecule is CC(CC(c1cccc2c1C(C(=O)NCC(F)(F)F)c1ccccc1-2)N1CCC1)NC(=O)Oc1ccccc1. The molecular formula is C30H30F3N3O3. The van der Waals surface area contributed by atoms with Crippen LogP contribution in [0.15, 0.2) is 72.8 Å². The first-order valence-corrected chi connectivity index (χ1v) is 13.1. The van der Waals surface area contributed by atoms with Crippen molar-refractivity contribution in [3.05, 3.63) is 89.5 Å². The van der Waals surface area contributed by atoms with E-state index in [1.807, 2.05) is 43.3 Å². The van der Waals surface area contributed by atoms with Crippen molar-refractivity contribution in [2.45, 2.75) is 43.9 Å². The maximum atomic E-state index is 13.3. The Morgan fingerprint density at radius 1 is 0.974 bits per heavy atom. The lowest BCUT2D eigenvalue weighted by Gasteiger charge is -2.41. The van der Waals surface area contributed by atoms with Gasteiger partial charge in [0.05, 0.1) is 5.92 Å². The van der Waals surface area contributed by atoms with Crippen molar-refractivity contribution in [2.75, 3.05) is 19.6 Å². The number of likely N-dealkylation sites (tertiary alicyclic amines) is 1. The Labute approximate surface area is 225 Å². The summed E-state index contributed by atoms with van der Waals surface area (Å²) in [6.45, 7) is 2.22. The zero-order valence-corrected chi connectivity index (χ0v) is 21.5. The van der Waals surface area contributed by atoms with Crippen molar-refractivity contribution in [2.24, 2.45) is 0 Å². The molecule has 2 aliphatic rings. The summed E-state index contributed by atoms with van der Waals surface area (Å²) in [6.07, 6.45) is -3.51. The van der Waals surface area contributed by atoms with Crippen molar-refractivity contribution in [3.63, 3.8) is 0 Å². The van der Waals surface area contributed by atoms with E-state index in [-0.39, 0.29) is 12.1 Å². The maximum Gasteiger partial charge on any atom is 0.412 e. The molecule has 0 saturated carbocycles. The maximum absolute atomic E-state index is 13.3. The van der Waals surface area contributed by atoms with E-state index in [0.29, 0.717) is 17.7 Å². The van der Waals surface area contributed by atoms with Crippen molar-refractivity contribution >= 4 is 12.0 Å². The van der Waals surface area contributed by atoms with Crippen LogP contribution in [0.2, 0.25) is 0 Å². The largest absolute Gasteiger partial charge is 0.412 e. The first-order valence-electron chi connectivity index (χ1n) is 13.1. The summed E-state index contributed by atoms with van der Waals surface area (Å²) in [4.78, 5) is 28.1. The van der Waals surface area contributed by atoms with Gasteiger partial charge in [0.15, 0.2) is 0 Å². The van der Waals surface area contributed by atoms with Gasteiger partial charge in [0.25, 0.3) is 0 Å². The Morgan fingerprint density at radius 3 is 2.36 bits per heavy atom. The molecule has 1 fully saturated rings. The zero-order valence-electron chi connectivity index (χ0n) is 21.5. The van der Waals surface area contributed by atoms with E-state index < -0.39 is 30.6 Å². The lowest BCUT2D eigenvalue weighted by atomic mass is 9.85. The Hall–Kier alpha value is -3.85. The van der Waals surface area contributed by atoms with Crippen LogP contribution < -0.4 is 15.4 Å². The van der Waals surface area contributed by atoms with Crippen molar-refractivity contribution in [1.29, 1.82) is 0 Å². The third-order valence-electron chi connectivity index (χ3n) is 7.30. The predicted octanol–water partition coefficient (Wildman–Crippen LogP) is 5.79. The third kappa shape index (κ3) is 5.93. The Balaban J connectivity index is 1.43. The van der Waals surface area contributed by atoms with Crippen LogP contribution in [0.1, 0.15) is 48.4 Å². The van der Waals surface area contributed by atoms with Gasteiger partial charge in [-0.1, -0.05) is 60.7 Å². The number of ether oxygens (including phenoxy) is 1. The third-order valence-corrected chi connectivity index (χ3v) is 7.30. The molecule has 3 aromatic carbocycles. The first-order chi connectivity index (χ1) is 18.7. The number of halogens is 3. The van der Waals surface area contributed by atoms with Crippen LogP contribution in [0.4, 0.5) is 18.0 Å². The van der Waals surface area contributed by atoms with Gasteiger partial charge in [0, 0.05) is 12.1 Å². The lowest BCUT2D eigenvalue weighted by molar-refractivity contribution is -0.138. The average Bonchev–Trinajstić information content (AvgIpc) is 3.20. The molecule has 3 unspecified atom stereocenters. The van der Waals surface area contributed by atoms with E-state index in [9.17, 15) is 22.8 Å². The molecule has 1 heterocycles. The molecule has 0 bridgehead atoms. The minimum absolute atomic E-state index is 0.145. The number of nitrogens with one attached hydrogen (secondary N) is 2. The van der Waals surface area contributed by atoms with E-state index >= 15 is 0 Å². The van der Waals surface area contributed by atoms with Gasteiger partial charge >= 0.3 is 12.3 Å². The summed E-state index contributed by atoms with van der Waals surface area (Å²) in [5.74, 6) is -1.09. The molecule has 0 aromatic heterocycles. The number of rotatable bonds is 8. The molecule has 0 spiro atoms. The van der Waals surface area contributed by atoms with Crippen LogP contribution in [0.3, 0.4) is 0 Å². The molecule has 5 rings (SSSR count). The van der Waals surface area contributed by atoms with Crippen molar-refractivity contribution < 1.29 is 27.5 Å². The topological polar surface area (TPSA) is 70.7 Å². The van der Waals surface area contributed by atoms with Crippen LogP contribution in [0, 0.1) is 0 Å². The van der Waals surface area contributed by atoms with Crippen LogP contribution in [-0.4, -0.2) is 48.8 Å². The van der Waals surface area contributed by atoms with Crippen molar-refractivity contribution in [1.82, 2.24) is 15.5 Å². The average molecular weight is 538 g/mol. The molecule has 2 N–H and O–H groups in total. The van der Waals surface area contributed by atoms with Crippen LogP contribution in [-0.2, 0) is 4.79 Å². The van der Waals surface area contributed by atoms with Gasteiger partial charge in [-0.25, -0.2) is 4.79 Å². The second-order valence-electron chi connectivity index (χ2n) is 10.1. The predicted molar refractivity (Wildman–Crippen MR) is 141 cm³/mol. The normalized spacial score (nSPS) is 17.8. The highest BCUT2D eigenvalue weighted by Gasteiger charge is 2.40. The molecule has 3 atom stereocenters. The van der Waals surface area contributed by atoms with Gasteiger partial charge in [-0.15, -0.1) is 0 Å². The minimum Gasteiger partial charge on any atom is -0.410 e. The molecule has 9 heteroatoms. The van der Waals surface area contributed by atoms with E-state index in [0.717, 1.165) is 41.8 Å². The molecular weight excluding hydrogens is 507 g/mol. The number of carbonyl (C=O) groups is 2. The Morgan fingerprint density at radius 2 is 1.67 bits per heavy atom. The van der Waals surface area contributed by atoms with Gasteiger partial charge in [0.1, 0.15) is 12.3 Å². The van der Waals surface area contributed by atoms with E-state index in [2.05, 4.69) is 15.5 Å². The fourth-order valence-corrected chi connectivity index (χ4v) is 5.49. The monoisotopic (exact) mass is 537 g/mol. The summed E-state index contributed by atoms with van der Waals surface area (Å²) < 4.78 is 44.3. The van der Waals surface area contributed by atoms with E-state index in [4.69, 9.17) is 4.74 Å². The number of hydrogen-bond acceptors (Lipinski definition) is 4. The van der Waals surface area contributed by atoms with Gasteiger partial charge in [-0.05, 0) is 72.8 Å². The molecule has 204 valence electrons. The minimum atomic E-state index is -4.51. The fraction of sp³-hybridized carbons (Fsp3) is 0.333. The molecule has 1 aliphatic heterocycles. The Kier molecular flexibility index (Phi) is 7.61. The zero-order chi connectivity index (χ0) is 27.6. The number of benzene rings is 3. The summed E-state index contributed by atoms with van der Waals surface area (Å²) in [5.41, 5.74) is 4.01. The van der Waals surface area contributed by atoms with Crippen molar-refractivity contribution in [3.8, 4) is 16.9 Å². The lowest BCUT2D eigenvalue weighted by Crippen LogP contribution is -2.44. The Bertz CT molecular complexity index is 1340. The van der Waals surface area contributed by atoms with Crippen LogP contribution >= 0.6 is 0 Å². The highest BCUT2D eigenvalue weighted by molar-refractivity contribution is 5.97.